The summed E-state index contributed by atoms with van der Waals surface area (Å²) in [6.07, 6.45) is 3.82. The molecule has 0 amide bonds. The fraction of sp³-hybridized carbons (Fsp3) is 0.636. The number of hydrogen-bond donors (Lipinski definition) is 2. The van der Waals surface area contributed by atoms with Crippen molar-refractivity contribution >= 4 is 8.40 Å². The van der Waals surface area contributed by atoms with E-state index in [4.69, 9.17) is 0 Å². The van der Waals surface area contributed by atoms with Gasteiger partial charge in [0.1, 0.15) is 0 Å². The topological polar surface area (TPSA) is 24.1 Å². The van der Waals surface area contributed by atoms with Gasteiger partial charge in [0.25, 0.3) is 0 Å². The maximum absolute atomic E-state index is 3.74. The zero-order valence-corrected chi connectivity index (χ0v) is 11.0. The van der Waals surface area contributed by atoms with E-state index in [1.54, 1.807) is 0 Å². The molecule has 2 N–H and O–H groups in total. The summed E-state index contributed by atoms with van der Waals surface area (Å²) in [5, 5.41) is 0.277. The summed E-state index contributed by atoms with van der Waals surface area (Å²) in [4.78, 5) is 7.16. The fourth-order valence-corrected chi connectivity index (χ4v) is 3.44. The number of nitrogens with one attached hydrogen (secondary N) is 2. The van der Waals surface area contributed by atoms with Gasteiger partial charge >= 0.3 is 0 Å². The zero-order chi connectivity index (χ0) is 11.2. The summed E-state index contributed by atoms with van der Waals surface area (Å²) in [6.45, 7) is 18.3. The predicted molar refractivity (Wildman–Crippen MR) is 67.7 cm³/mol. The average molecular weight is 212 g/mol. The van der Waals surface area contributed by atoms with Crippen molar-refractivity contribution in [2.45, 2.75) is 32.4 Å². The standard InChI is InChI=1S/C11H24N2Si/c1-7-9-12-14(6,11(3,4)5)13-10-8-2/h7-8,12-13H,1-2,9-10H2,3-6H3. The molecule has 0 bridgehead atoms. The third-order valence-electron chi connectivity index (χ3n) is 2.70. The van der Waals surface area contributed by atoms with Crippen molar-refractivity contribution in [3.63, 3.8) is 0 Å². The minimum Gasteiger partial charge on any atom is -0.322 e. The molecule has 82 valence electrons. The van der Waals surface area contributed by atoms with Crippen LogP contribution in [0.4, 0.5) is 0 Å². The molecule has 0 fully saturated rings. The second-order valence-electron chi connectivity index (χ2n) is 4.71. The Kier molecular flexibility index (Phi) is 5.34. The van der Waals surface area contributed by atoms with Crippen LogP contribution in [0.25, 0.3) is 0 Å². The van der Waals surface area contributed by atoms with E-state index in [1.807, 2.05) is 12.2 Å². The van der Waals surface area contributed by atoms with Crippen molar-refractivity contribution < 1.29 is 0 Å². The first-order valence-corrected chi connectivity index (χ1v) is 7.59. The van der Waals surface area contributed by atoms with Gasteiger partial charge in [-0.3, -0.25) is 0 Å². The van der Waals surface area contributed by atoms with E-state index in [2.05, 4.69) is 50.4 Å². The summed E-state index contributed by atoms with van der Waals surface area (Å²) in [7, 11) is -1.64. The molecule has 14 heavy (non-hydrogen) atoms. The molecule has 0 unspecified atom stereocenters. The van der Waals surface area contributed by atoms with Gasteiger partial charge in [-0.05, 0) is 11.6 Å². The SMILES string of the molecule is C=CCN[Si](C)(NCC=C)C(C)(C)C. The Bertz CT molecular complexity index is 182. The lowest BCUT2D eigenvalue weighted by Gasteiger charge is -2.40. The van der Waals surface area contributed by atoms with Crippen molar-refractivity contribution in [1.82, 2.24) is 9.96 Å². The third kappa shape index (κ3) is 3.78. The predicted octanol–water partition coefficient (Wildman–Crippen LogP) is 2.41. The molecule has 0 aromatic rings. The highest BCUT2D eigenvalue weighted by Gasteiger charge is 2.39. The maximum Gasteiger partial charge on any atom is 0.204 e. The van der Waals surface area contributed by atoms with E-state index >= 15 is 0 Å². The summed E-state index contributed by atoms with van der Waals surface area (Å²) in [5.41, 5.74) is 0. The molecule has 0 atom stereocenters. The van der Waals surface area contributed by atoms with Crippen LogP contribution in [0, 0.1) is 0 Å². The zero-order valence-electron chi connectivity index (χ0n) is 9.98. The monoisotopic (exact) mass is 212 g/mol. The maximum atomic E-state index is 3.74. The lowest BCUT2D eigenvalue weighted by Crippen LogP contribution is -2.65. The van der Waals surface area contributed by atoms with Gasteiger partial charge in [-0.15, -0.1) is 13.2 Å². The molecule has 0 aliphatic heterocycles. The van der Waals surface area contributed by atoms with Crippen LogP contribution in [-0.2, 0) is 0 Å². The van der Waals surface area contributed by atoms with E-state index in [0.717, 1.165) is 13.1 Å². The van der Waals surface area contributed by atoms with Crippen molar-refractivity contribution in [3.8, 4) is 0 Å². The second-order valence-corrected chi connectivity index (χ2v) is 9.17. The first-order chi connectivity index (χ1) is 6.37. The molecule has 3 heteroatoms. The van der Waals surface area contributed by atoms with E-state index in [9.17, 15) is 0 Å². The Morgan fingerprint density at radius 2 is 1.43 bits per heavy atom. The van der Waals surface area contributed by atoms with Gasteiger partial charge < -0.3 is 9.96 Å². The van der Waals surface area contributed by atoms with Crippen LogP contribution in [0.15, 0.2) is 25.3 Å². The van der Waals surface area contributed by atoms with E-state index < -0.39 is 8.40 Å². The average Bonchev–Trinajstić information content (AvgIpc) is 2.09. The largest absolute Gasteiger partial charge is 0.322 e. The lowest BCUT2D eigenvalue weighted by molar-refractivity contribution is 0.660. The van der Waals surface area contributed by atoms with Gasteiger partial charge in [0, 0.05) is 13.1 Å². The van der Waals surface area contributed by atoms with Gasteiger partial charge in [0.15, 0.2) is 0 Å². The Balaban J connectivity index is 4.48. The van der Waals surface area contributed by atoms with Crippen molar-refractivity contribution in [2.24, 2.45) is 0 Å². The van der Waals surface area contributed by atoms with Crippen LogP contribution in [0.5, 0.6) is 0 Å². The van der Waals surface area contributed by atoms with E-state index in [-0.39, 0.29) is 5.04 Å². The Labute approximate surface area is 89.7 Å². The highest BCUT2D eigenvalue weighted by atomic mass is 28.3. The summed E-state index contributed by atoms with van der Waals surface area (Å²) < 4.78 is 0. The van der Waals surface area contributed by atoms with Gasteiger partial charge in [-0.25, -0.2) is 0 Å². The Hall–Kier alpha value is -0.383. The molecule has 0 radical (unpaired) electrons. The van der Waals surface area contributed by atoms with Crippen molar-refractivity contribution in [3.05, 3.63) is 25.3 Å². The summed E-state index contributed by atoms with van der Waals surface area (Å²) >= 11 is 0. The van der Waals surface area contributed by atoms with Gasteiger partial charge in [0.2, 0.25) is 8.40 Å². The molecule has 2 nitrogen and oxygen atoms in total. The molecular weight excluding hydrogens is 188 g/mol. The molecular formula is C11H24N2Si. The number of hydrogen-bond acceptors (Lipinski definition) is 2. The Morgan fingerprint density at radius 3 is 1.64 bits per heavy atom. The highest BCUT2D eigenvalue weighted by molar-refractivity contribution is 6.76. The molecule has 0 aromatic heterocycles. The Morgan fingerprint density at radius 1 is 1.07 bits per heavy atom. The molecule has 0 aromatic carbocycles. The van der Waals surface area contributed by atoms with Crippen LogP contribution in [0.1, 0.15) is 20.8 Å². The van der Waals surface area contributed by atoms with Gasteiger partial charge in [-0.2, -0.15) is 0 Å². The van der Waals surface area contributed by atoms with E-state index in [1.165, 1.54) is 0 Å². The number of rotatable bonds is 6. The molecule has 0 saturated carbocycles. The van der Waals surface area contributed by atoms with Crippen molar-refractivity contribution in [1.29, 1.82) is 0 Å². The normalized spacial score (nSPS) is 12.6. The molecule has 0 rings (SSSR count). The van der Waals surface area contributed by atoms with Crippen LogP contribution >= 0.6 is 0 Å². The summed E-state index contributed by atoms with van der Waals surface area (Å²) in [5.74, 6) is 0. The first-order valence-electron chi connectivity index (χ1n) is 5.09. The van der Waals surface area contributed by atoms with Gasteiger partial charge in [-0.1, -0.05) is 32.9 Å². The third-order valence-corrected chi connectivity index (χ3v) is 7.52. The lowest BCUT2D eigenvalue weighted by atomic mass is 10.2. The van der Waals surface area contributed by atoms with Crippen LogP contribution in [0.2, 0.25) is 11.6 Å². The second kappa shape index (κ2) is 5.49. The smallest absolute Gasteiger partial charge is 0.204 e. The molecule has 0 saturated heterocycles. The van der Waals surface area contributed by atoms with Crippen LogP contribution in [0.3, 0.4) is 0 Å². The van der Waals surface area contributed by atoms with E-state index in [0.29, 0.717) is 0 Å². The molecule has 0 heterocycles. The minimum atomic E-state index is -1.64. The van der Waals surface area contributed by atoms with Crippen molar-refractivity contribution in [2.75, 3.05) is 13.1 Å². The first kappa shape index (κ1) is 13.6. The van der Waals surface area contributed by atoms with Gasteiger partial charge in [0.05, 0.1) is 0 Å². The quantitative estimate of drug-likeness (QED) is 0.522. The summed E-state index contributed by atoms with van der Waals surface area (Å²) in [6, 6.07) is 0. The van der Waals surface area contributed by atoms with Crippen LogP contribution < -0.4 is 9.96 Å². The molecule has 0 aliphatic carbocycles. The highest BCUT2D eigenvalue weighted by Crippen LogP contribution is 2.31. The van der Waals surface area contributed by atoms with Crippen LogP contribution in [-0.4, -0.2) is 21.5 Å². The molecule has 0 spiro atoms. The fourth-order valence-electron chi connectivity index (χ4n) is 1.15. The molecule has 0 aliphatic rings. The minimum absolute atomic E-state index is 0.277.